The van der Waals surface area contributed by atoms with E-state index < -0.39 is 0 Å². The number of halogens is 2. The van der Waals surface area contributed by atoms with Crippen molar-refractivity contribution >= 4 is 31.9 Å². The summed E-state index contributed by atoms with van der Waals surface area (Å²) in [5.74, 6) is 0. The molecular formula is C9H5Br2N2. The summed E-state index contributed by atoms with van der Waals surface area (Å²) in [6, 6.07) is 7.69. The molecule has 1 heterocycles. The third-order valence-corrected chi connectivity index (χ3v) is 3.66. The molecule has 2 rings (SSSR count). The van der Waals surface area contributed by atoms with Gasteiger partial charge in [-0.05, 0) is 50.1 Å². The summed E-state index contributed by atoms with van der Waals surface area (Å²) in [5.41, 5.74) is 0.996. The lowest BCUT2D eigenvalue weighted by Crippen LogP contribution is -1.95. The van der Waals surface area contributed by atoms with E-state index in [2.05, 4.69) is 43.2 Å². The molecule has 0 aliphatic heterocycles. The first-order chi connectivity index (χ1) is 6.29. The van der Waals surface area contributed by atoms with Gasteiger partial charge in [-0.15, -0.1) is 0 Å². The van der Waals surface area contributed by atoms with Crippen molar-refractivity contribution in [2.45, 2.75) is 0 Å². The molecule has 1 aromatic heterocycles. The van der Waals surface area contributed by atoms with E-state index in [1.807, 2.05) is 24.4 Å². The molecule has 4 heteroatoms. The molecule has 0 aliphatic rings. The van der Waals surface area contributed by atoms with Crippen molar-refractivity contribution in [3.63, 3.8) is 0 Å². The summed E-state index contributed by atoms with van der Waals surface area (Å²) in [5, 5.41) is 4.03. The molecule has 1 aromatic carbocycles. The van der Waals surface area contributed by atoms with Gasteiger partial charge in [0.05, 0.1) is 10.2 Å². The Balaban J connectivity index is 2.59. The Labute approximate surface area is 92.8 Å². The van der Waals surface area contributed by atoms with Crippen molar-refractivity contribution in [2.24, 2.45) is 0 Å². The fourth-order valence-corrected chi connectivity index (χ4v) is 1.84. The van der Waals surface area contributed by atoms with Gasteiger partial charge in [-0.25, -0.2) is 4.68 Å². The highest BCUT2D eigenvalue weighted by Crippen LogP contribution is 2.28. The number of aromatic nitrogens is 2. The smallest absolute Gasteiger partial charge is 0.113 e. The Morgan fingerprint density at radius 1 is 1.31 bits per heavy atom. The van der Waals surface area contributed by atoms with Crippen LogP contribution in [0.1, 0.15) is 0 Å². The molecule has 0 spiro atoms. The van der Waals surface area contributed by atoms with Gasteiger partial charge in [-0.1, -0.05) is 6.07 Å². The lowest BCUT2D eigenvalue weighted by Gasteiger charge is -2.04. The molecule has 13 heavy (non-hydrogen) atoms. The zero-order valence-corrected chi connectivity index (χ0v) is 9.71. The molecule has 0 aliphatic carbocycles. The summed E-state index contributed by atoms with van der Waals surface area (Å²) in [7, 11) is 0. The number of rotatable bonds is 1. The third kappa shape index (κ3) is 1.69. The molecule has 0 N–H and O–H groups in total. The van der Waals surface area contributed by atoms with Crippen LogP contribution in [0.5, 0.6) is 0 Å². The molecule has 1 radical (unpaired) electrons. The van der Waals surface area contributed by atoms with Crippen molar-refractivity contribution in [1.82, 2.24) is 9.78 Å². The van der Waals surface area contributed by atoms with E-state index in [-0.39, 0.29) is 0 Å². The molecule has 0 saturated carbocycles. The van der Waals surface area contributed by atoms with Crippen molar-refractivity contribution in [2.75, 3.05) is 0 Å². The van der Waals surface area contributed by atoms with Crippen LogP contribution in [-0.4, -0.2) is 9.78 Å². The first-order valence-electron chi connectivity index (χ1n) is 3.65. The summed E-state index contributed by atoms with van der Waals surface area (Å²) < 4.78 is 3.77. The quantitative estimate of drug-likeness (QED) is 0.791. The van der Waals surface area contributed by atoms with Gasteiger partial charge in [-0.2, -0.15) is 5.10 Å². The molecular weight excluding hydrogens is 296 g/mol. The van der Waals surface area contributed by atoms with Crippen LogP contribution in [0.25, 0.3) is 5.69 Å². The van der Waals surface area contributed by atoms with Crippen LogP contribution in [0.15, 0.2) is 39.4 Å². The Kier molecular flexibility index (Phi) is 2.51. The highest BCUT2D eigenvalue weighted by Gasteiger charge is 2.04. The second-order valence-corrected chi connectivity index (χ2v) is 4.11. The fraction of sp³-hybridized carbons (Fsp3) is 0. The van der Waals surface area contributed by atoms with Gasteiger partial charge in [0.15, 0.2) is 0 Å². The number of nitrogens with zero attached hydrogens (tertiary/aromatic N) is 2. The number of hydrogen-bond donors (Lipinski definition) is 0. The first-order valence-corrected chi connectivity index (χ1v) is 5.24. The lowest BCUT2D eigenvalue weighted by molar-refractivity contribution is 0.872. The van der Waals surface area contributed by atoms with Gasteiger partial charge in [0.2, 0.25) is 0 Å². The minimum Gasteiger partial charge on any atom is -0.239 e. The minimum atomic E-state index is 0.993. The highest BCUT2D eigenvalue weighted by molar-refractivity contribution is 9.13. The van der Waals surface area contributed by atoms with Crippen LogP contribution >= 0.6 is 31.9 Å². The average Bonchev–Trinajstić information content (AvgIpc) is 2.62. The zero-order valence-electron chi connectivity index (χ0n) is 6.54. The highest BCUT2D eigenvalue weighted by atomic mass is 79.9. The standard InChI is InChI=1S/C9H5Br2N2/c10-7-3-1-4-8(9(7)11)13-6-2-5-12-13/h1-4,6H. The van der Waals surface area contributed by atoms with E-state index in [9.17, 15) is 0 Å². The molecule has 0 unspecified atom stereocenters. The minimum absolute atomic E-state index is 0.993. The molecule has 0 amide bonds. The molecule has 2 aromatic rings. The Bertz CT molecular complexity index is 410. The summed E-state index contributed by atoms with van der Waals surface area (Å²) in [4.78, 5) is 0. The van der Waals surface area contributed by atoms with E-state index >= 15 is 0 Å². The van der Waals surface area contributed by atoms with E-state index in [0.29, 0.717) is 0 Å². The van der Waals surface area contributed by atoms with Crippen molar-refractivity contribution in [3.05, 3.63) is 45.6 Å². The van der Waals surface area contributed by atoms with E-state index in [4.69, 9.17) is 0 Å². The monoisotopic (exact) mass is 299 g/mol. The maximum atomic E-state index is 4.03. The van der Waals surface area contributed by atoms with Crippen LogP contribution in [0.4, 0.5) is 0 Å². The Morgan fingerprint density at radius 3 is 2.85 bits per heavy atom. The predicted molar refractivity (Wildman–Crippen MR) is 57.8 cm³/mol. The van der Waals surface area contributed by atoms with E-state index in [1.165, 1.54) is 0 Å². The second-order valence-electron chi connectivity index (χ2n) is 2.46. The molecule has 0 atom stereocenters. The number of benzene rings is 1. The first kappa shape index (κ1) is 8.97. The van der Waals surface area contributed by atoms with Crippen LogP contribution in [0, 0.1) is 6.20 Å². The molecule has 65 valence electrons. The third-order valence-electron chi connectivity index (χ3n) is 1.63. The summed E-state index contributed by atoms with van der Waals surface area (Å²) in [6.07, 6.45) is 4.61. The number of hydrogen-bond acceptors (Lipinski definition) is 1. The topological polar surface area (TPSA) is 17.8 Å². The van der Waals surface area contributed by atoms with Gasteiger partial charge in [-0.3, -0.25) is 0 Å². The molecule has 0 fully saturated rings. The average molecular weight is 301 g/mol. The van der Waals surface area contributed by atoms with Gasteiger partial charge in [0.25, 0.3) is 0 Å². The molecule has 2 nitrogen and oxygen atoms in total. The van der Waals surface area contributed by atoms with Crippen LogP contribution in [0.2, 0.25) is 0 Å². The molecule has 0 saturated heterocycles. The van der Waals surface area contributed by atoms with Crippen LogP contribution < -0.4 is 0 Å². The van der Waals surface area contributed by atoms with Gasteiger partial charge < -0.3 is 0 Å². The lowest BCUT2D eigenvalue weighted by atomic mass is 10.3. The maximum absolute atomic E-state index is 4.03. The van der Waals surface area contributed by atoms with Crippen LogP contribution in [0.3, 0.4) is 0 Å². The van der Waals surface area contributed by atoms with Crippen molar-refractivity contribution in [1.29, 1.82) is 0 Å². The summed E-state index contributed by atoms with van der Waals surface area (Å²) >= 11 is 6.91. The van der Waals surface area contributed by atoms with Crippen molar-refractivity contribution < 1.29 is 0 Å². The summed E-state index contributed by atoms with van der Waals surface area (Å²) in [6.45, 7) is 0. The SMILES string of the molecule is Brc1cccc(-n2cc[c]n2)c1Br. The Morgan fingerprint density at radius 2 is 2.15 bits per heavy atom. The molecule has 0 bridgehead atoms. The predicted octanol–water partition coefficient (Wildman–Crippen LogP) is 3.20. The van der Waals surface area contributed by atoms with Gasteiger partial charge in [0, 0.05) is 10.7 Å². The van der Waals surface area contributed by atoms with Gasteiger partial charge >= 0.3 is 0 Å². The second kappa shape index (κ2) is 3.64. The van der Waals surface area contributed by atoms with E-state index in [1.54, 1.807) is 10.7 Å². The van der Waals surface area contributed by atoms with E-state index in [0.717, 1.165) is 14.6 Å². The van der Waals surface area contributed by atoms with Gasteiger partial charge in [0.1, 0.15) is 6.20 Å². The largest absolute Gasteiger partial charge is 0.239 e. The van der Waals surface area contributed by atoms with Crippen LogP contribution in [-0.2, 0) is 0 Å². The fourth-order valence-electron chi connectivity index (χ4n) is 1.04. The maximum Gasteiger partial charge on any atom is 0.113 e. The van der Waals surface area contributed by atoms with Crippen molar-refractivity contribution in [3.8, 4) is 5.69 Å². The Hall–Kier alpha value is -0.610. The zero-order chi connectivity index (χ0) is 9.26. The normalized spacial score (nSPS) is 10.3.